The van der Waals surface area contributed by atoms with E-state index in [1.807, 2.05) is 19.9 Å². The van der Waals surface area contributed by atoms with Crippen LogP contribution >= 0.6 is 0 Å². The third kappa shape index (κ3) is 4.17. The summed E-state index contributed by atoms with van der Waals surface area (Å²) in [6, 6.07) is 8.87. The van der Waals surface area contributed by atoms with Gasteiger partial charge in [-0.3, -0.25) is 4.90 Å². The van der Waals surface area contributed by atoms with E-state index in [0.29, 0.717) is 11.3 Å². The lowest BCUT2D eigenvalue weighted by Gasteiger charge is -2.34. The summed E-state index contributed by atoms with van der Waals surface area (Å²) in [7, 11) is -3.29. The zero-order valence-electron chi connectivity index (χ0n) is 15.6. The van der Waals surface area contributed by atoms with Crippen molar-refractivity contribution in [2.45, 2.75) is 68.4 Å². The average Bonchev–Trinajstić information content (AvgIpc) is 2.62. The van der Waals surface area contributed by atoms with E-state index >= 15 is 0 Å². The Labute approximate surface area is 153 Å². The van der Waals surface area contributed by atoms with E-state index in [1.165, 1.54) is 32.1 Å². The zero-order chi connectivity index (χ0) is 17.9. The number of hydrogen-bond acceptors (Lipinski definition) is 3. The van der Waals surface area contributed by atoms with Crippen molar-refractivity contribution in [3.05, 3.63) is 41.5 Å². The molecular weight excluding hydrogens is 330 g/mol. The molecular formula is C21H31NO2S. The Hall–Kier alpha value is -1.13. The van der Waals surface area contributed by atoms with Gasteiger partial charge in [0.1, 0.15) is 0 Å². The molecule has 0 unspecified atom stereocenters. The van der Waals surface area contributed by atoms with Gasteiger partial charge in [0, 0.05) is 13.1 Å². The van der Waals surface area contributed by atoms with Gasteiger partial charge >= 0.3 is 0 Å². The number of rotatable bonds is 6. The van der Waals surface area contributed by atoms with Gasteiger partial charge in [-0.1, -0.05) is 29.3 Å². The lowest BCUT2D eigenvalue weighted by molar-refractivity contribution is 0.265. The summed E-state index contributed by atoms with van der Waals surface area (Å²) in [6.07, 6.45) is 8.15. The molecule has 1 aliphatic heterocycles. The molecule has 25 heavy (non-hydrogen) atoms. The van der Waals surface area contributed by atoms with Crippen molar-refractivity contribution in [2.75, 3.05) is 19.6 Å². The fourth-order valence-corrected chi connectivity index (χ4v) is 5.70. The van der Waals surface area contributed by atoms with E-state index in [2.05, 4.69) is 4.90 Å². The molecule has 0 N–H and O–H groups in total. The van der Waals surface area contributed by atoms with E-state index < -0.39 is 14.6 Å². The van der Waals surface area contributed by atoms with Gasteiger partial charge in [-0.25, -0.2) is 8.42 Å². The predicted octanol–water partition coefficient (Wildman–Crippen LogP) is 4.60. The maximum atomic E-state index is 12.9. The number of nitrogens with zero attached hydrogens (tertiary/aromatic N) is 1. The quantitative estimate of drug-likeness (QED) is 0.695. The summed E-state index contributed by atoms with van der Waals surface area (Å²) >= 11 is 0. The molecule has 0 saturated heterocycles. The highest BCUT2D eigenvalue weighted by Gasteiger charge is 2.35. The third-order valence-electron chi connectivity index (χ3n) is 5.89. The molecule has 1 aromatic rings. The summed E-state index contributed by atoms with van der Waals surface area (Å²) in [6.45, 7) is 7.00. The number of benzene rings is 1. The summed E-state index contributed by atoms with van der Waals surface area (Å²) in [4.78, 5) is 2.96. The van der Waals surface area contributed by atoms with Gasteiger partial charge in [0.05, 0.1) is 9.64 Å². The van der Waals surface area contributed by atoms with E-state index in [0.717, 1.165) is 26.1 Å². The van der Waals surface area contributed by atoms with Crippen LogP contribution in [0.25, 0.3) is 0 Å². The fourth-order valence-electron chi connectivity index (χ4n) is 4.14. The van der Waals surface area contributed by atoms with Crippen LogP contribution in [0.1, 0.15) is 58.8 Å². The standard InChI is InChI=1S/C21H31NO2S/c1-21(2,25(23,24)20-11-4-3-5-12-20)14-8-15-22-16-13-18-9-6-7-10-19(18)17-22/h3-5,11-12H,6-10,13-17H2,1-2H3. The number of hydrogen-bond donors (Lipinski definition) is 0. The van der Waals surface area contributed by atoms with Crippen molar-refractivity contribution in [1.29, 1.82) is 0 Å². The fraction of sp³-hybridized carbons (Fsp3) is 0.619. The Morgan fingerprint density at radius 2 is 1.68 bits per heavy atom. The van der Waals surface area contributed by atoms with Crippen LogP contribution in [0.5, 0.6) is 0 Å². The SMILES string of the molecule is CC(C)(CCCN1CCC2=C(CCCC2)C1)S(=O)(=O)c1ccccc1. The second-order valence-corrected chi connectivity index (χ2v) is 10.7. The van der Waals surface area contributed by atoms with E-state index in [4.69, 9.17) is 0 Å². The summed E-state index contributed by atoms with van der Waals surface area (Å²) in [5, 5.41) is 0. The van der Waals surface area contributed by atoms with Crippen molar-refractivity contribution < 1.29 is 8.42 Å². The first-order chi connectivity index (χ1) is 11.9. The summed E-state index contributed by atoms with van der Waals surface area (Å²) < 4.78 is 25.1. The molecule has 0 saturated carbocycles. The second-order valence-electron chi connectivity index (χ2n) is 8.12. The molecule has 0 amide bonds. The van der Waals surface area contributed by atoms with Gasteiger partial charge in [0.2, 0.25) is 0 Å². The molecule has 3 nitrogen and oxygen atoms in total. The van der Waals surface area contributed by atoms with Gasteiger partial charge in [0.15, 0.2) is 9.84 Å². The van der Waals surface area contributed by atoms with Crippen LogP contribution in [-0.2, 0) is 9.84 Å². The van der Waals surface area contributed by atoms with E-state index in [-0.39, 0.29) is 0 Å². The molecule has 2 aliphatic rings. The van der Waals surface area contributed by atoms with Crippen LogP contribution in [-0.4, -0.2) is 37.7 Å². The van der Waals surface area contributed by atoms with Crippen molar-refractivity contribution >= 4 is 9.84 Å². The Bertz CT molecular complexity index is 720. The zero-order valence-corrected chi connectivity index (χ0v) is 16.4. The van der Waals surface area contributed by atoms with Crippen LogP contribution in [0.3, 0.4) is 0 Å². The smallest absolute Gasteiger partial charge is 0.183 e. The first-order valence-electron chi connectivity index (χ1n) is 9.62. The second kappa shape index (κ2) is 7.63. The molecule has 0 spiro atoms. The summed E-state index contributed by atoms with van der Waals surface area (Å²) in [5.74, 6) is 0. The molecule has 0 bridgehead atoms. The molecule has 1 aromatic carbocycles. The van der Waals surface area contributed by atoms with Gasteiger partial charge < -0.3 is 0 Å². The van der Waals surface area contributed by atoms with Crippen LogP contribution in [0.4, 0.5) is 0 Å². The van der Waals surface area contributed by atoms with Crippen LogP contribution in [0, 0.1) is 0 Å². The minimum atomic E-state index is -3.29. The molecule has 0 atom stereocenters. The minimum absolute atomic E-state index is 0.440. The lowest BCUT2D eigenvalue weighted by Crippen LogP contribution is -2.36. The van der Waals surface area contributed by atoms with Crippen LogP contribution in [0.2, 0.25) is 0 Å². The molecule has 0 aromatic heterocycles. The largest absolute Gasteiger partial charge is 0.299 e. The molecule has 138 valence electrons. The maximum absolute atomic E-state index is 12.9. The van der Waals surface area contributed by atoms with Crippen LogP contribution in [0.15, 0.2) is 46.4 Å². The minimum Gasteiger partial charge on any atom is -0.299 e. The highest BCUT2D eigenvalue weighted by molar-refractivity contribution is 7.92. The lowest BCUT2D eigenvalue weighted by atomic mass is 9.87. The van der Waals surface area contributed by atoms with E-state index in [1.54, 1.807) is 35.4 Å². The first kappa shape index (κ1) is 18.7. The Morgan fingerprint density at radius 1 is 1.00 bits per heavy atom. The molecule has 1 aliphatic carbocycles. The van der Waals surface area contributed by atoms with Crippen molar-refractivity contribution in [3.63, 3.8) is 0 Å². The monoisotopic (exact) mass is 361 g/mol. The van der Waals surface area contributed by atoms with Crippen molar-refractivity contribution in [1.82, 2.24) is 4.90 Å². The number of sulfone groups is 1. The molecule has 4 heteroatoms. The highest BCUT2D eigenvalue weighted by atomic mass is 32.2. The van der Waals surface area contributed by atoms with Gasteiger partial charge in [-0.05, 0) is 77.5 Å². The van der Waals surface area contributed by atoms with Crippen molar-refractivity contribution in [2.24, 2.45) is 0 Å². The van der Waals surface area contributed by atoms with Gasteiger partial charge in [-0.2, -0.15) is 0 Å². The predicted molar refractivity (Wildman–Crippen MR) is 103 cm³/mol. The first-order valence-corrected chi connectivity index (χ1v) is 11.1. The Morgan fingerprint density at radius 3 is 2.40 bits per heavy atom. The molecule has 0 fully saturated rings. The van der Waals surface area contributed by atoms with Gasteiger partial charge in [0.25, 0.3) is 0 Å². The molecule has 1 heterocycles. The maximum Gasteiger partial charge on any atom is 0.183 e. The van der Waals surface area contributed by atoms with Gasteiger partial charge in [-0.15, -0.1) is 0 Å². The van der Waals surface area contributed by atoms with Crippen LogP contribution < -0.4 is 0 Å². The van der Waals surface area contributed by atoms with E-state index in [9.17, 15) is 8.42 Å². The molecule has 3 rings (SSSR count). The normalized spacial score (nSPS) is 19.8. The average molecular weight is 362 g/mol. The Balaban J connectivity index is 1.55. The topological polar surface area (TPSA) is 37.4 Å². The van der Waals surface area contributed by atoms with Crippen molar-refractivity contribution in [3.8, 4) is 0 Å². The molecule has 0 radical (unpaired) electrons. The highest BCUT2D eigenvalue weighted by Crippen LogP contribution is 2.32. The summed E-state index contributed by atoms with van der Waals surface area (Å²) in [5.41, 5.74) is 3.39. The third-order valence-corrected chi connectivity index (χ3v) is 8.44. The Kier molecular flexibility index (Phi) is 5.69.